The lowest BCUT2D eigenvalue weighted by molar-refractivity contribution is -0.142. The Balaban J connectivity index is 0.000000341. The number of hydrogen-bond acceptors (Lipinski definition) is 7. The van der Waals surface area contributed by atoms with Crippen molar-refractivity contribution in [2.45, 2.75) is 52.1 Å². The summed E-state index contributed by atoms with van der Waals surface area (Å²) in [4.78, 5) is 21.1. The van der Waals surface area contributed by atoms with Crippen molar-refractivity contribution in [2.24, 2.45) is 5.92 Å². The molecular weight excluding hydrogens is 476 g/mol. The number of fused-ring (bicyclic) bond motifs is 1. The standard InChI is InChI=1S/C20H25NO4.C8H15NO3/c1-22-17-6-5-13(10-18(17)23-2)9-16-15-12-20(25-4)19(24-3)11-14(15)7-8-21-16;1-5(2)4-7(8(11)12)9-6(3)10/h5-6,10-12,16,21H,7-9H2,1-4H3;5,7H,4H2,1-3H3,(H,9,10)(H,11,12). The van der Waals surface area contributed by atoms with Crippen molar-refractivity contribution in [1.29, 1.82) is 0 Å². The molecule has 0 radical (unpaired) electrons. The minimum atomic E-state index is -0.973. The molecule has 3 rings (SSSR count). The fraction of sp³-hybridized carbons (Fsp3) is 0.500. The molecule has 2 atom stereocenters. The fourth-order valence-corrected chi connectivity index (χ4v) is 4.33. The highest BCUT2D eigenvalue weighted by atomic mass is 16.5. The van der Waals surface area contributed by atoms with E-state index in [1.54, 1.807) is 28.4 Å². The van der Waals surface area contributed by atoms with Gasteiger partial charge in [0.05, 0.1) is 28.4 Å². The minimum absolute atomic E-state index is 0.224. The number of carbonyl (C=O) groups excluding carboxylic acids is 1. The fourth-order valence-electron chi connectivity index (χ4n) is 4.33. The first-order valence-corrected chi connectivity index (χ1v) is 12.3. The molecule has 2 aromatic rings. The number of carboxylic acids is 1. The van der Waals surface area contributed by atoms with Crippen molar-refractivity contribution in [3.8, 4) is 23.0 Å². The summed E-state index contributed by atoms with van der Waals surface area (Å²) in [6.45, 7) is 6.09. The normalized spacial score (nSPS) is 15.0. The van der Waals surface area contributed by atoms with Gasteiger partial charge in [-0.1, -0.05) is 19.9 Å². The number of carboxylic acid groups (broad SMARTS) is 1. The van der Waals surface area contributed by atoms with Gasteiger partial charge in [-0.05, 0) is 72.7 Å². The van der Waals surface area contributed by atoms with Crippen LogP contribution in [0.2, 0.25) is 0 Å². The number of hydrogen-bond donors (Lipinski definition) is 3. The van der Waals surface area contributed by atoms with Crippen molar-refractivity contribution in [2.75, 3.05) is 35.0 Å². The van der Waals surface area contributed by atoms with Crippen LogP contribution >= 0.6 is 0 Å². The van der Waals surface area contributed by atoms with Crippen LogP contribution in [0.1, 0.15) is 49.9 Å². The molecule has 2 unspecified atom stereocenters. The third-order valence-electron chi connectivity index (χ3n) is 6.08. The van der Waals surface area contributed by atoms with Gasteiger partial charge in [0.1, 0.15) is 6.04 Å². The first-order chi connectivity index (χ1) is 17.6. The third-order valence-corrected chi connectivity index (χ3v) is 6.08. The zero-order valence-electron chi connectivity index (χ0n) is 22.8. The second kappa shape index (κ2) is 14.3. The second-order valence-electron chi connectivity index (χ2n) is 9.28. The van der Waals surface area contributed by atoms with Crippen LogP contribution < -0.4 is 29.6 Å². The molecule has 1 heterocycles. The highest BCUT2D eigenvalue weighted by Gasteiger charge is 2.23. The van der Waals surface area contributed by atoms with E-state index >= 15 is 0 Å². The highest BCUT2D eigenvalue weighted by molar-refractivity contribution is 5.82. The quantitative estimate of drug-likeness (QED) is 0.437. The smallest absolute Gasteiger partial charge is 0.326 e. The summed E-state index contributed by atoms with van der Waals surface area (Å²) in [6.07, 6.45) is 2.32. The molecule has 1 amide bonds. The molecule has 0 bridgehead atoms. The molecule has 9 nitrogen and oxygen atoms in total. The molecule has 0 saturated heterocycles. The number of aliphatic carboxylic acids is 1. The average Bonchev–Trinajstić information content (AvgIpc) is 2.87. The van der Waals surface area contributed by atoms with Crippen LogP contribution in [0.15, 0.2) is 30.3 Å². The predicted molar refractivity (Wildman–Crippen MR) is 142 cm³/mol. The topological polar surface area (TPSA) is 115 Å². The summed E-state index contributed by atoms with van der Waals surface area (Å²) < 4.78 is 21.7. The molecule has 37 heavy (non-hydrogen) atoms. The first kappa shape index (κ1) is 29.8. The van der Waals surface area contributed by atoms with Crippen LogP contribution in [0, 0.1) is 5.92 Å². The zero-order valence-corrected chi connectivity index (χ0v) is 22.8. The second-order valence-corrected chi connectivity index (χ2v) is 9.28. The average molecular weight is 517 g/mol. The van der Waals surface area contributed by atoms with Crippen LogP contribution in [-0.4, -0.2) is 58.0 Å². The lowest BCUT2D eigenvalue weighted by atomic mass is 9.89. The summed E-state index contributed by atoms with van der Waals surface area (Å²) in [5.74, 6) is 2.04. The Bertz CT molecular complexity index is 1060. The first-order valence-electron chi connectivity index (χ1n) is 12.3. The third kappa shape index (κ3) is 8.56. The highest BCUT2D eigenvalue weighted by Crippen LogP contribution is 2.37. The Morgan fingerprint density at radius 3 is 2.11 bits per heavy atom. The van der Waals surface area contributed by atoms with Gasteiger partial charge in [-0.2, -0.15) is 0 Å². The van der Waals surface area contributed by atoms with Crippen molar-refractivity contribution in [3.63, 3.8) is 0 Å². The Morgan fingerprint density at radius 2 is 1.57 bits per heavy atom. The van der Waals surface area contributed by atoms with E-state index < -0.39 is 12.0 Å². The van der Waals surface area contributed by atoms with Gasteiger partial charge in [0.2, 0.25) is 5.91 Å². The van der Waals surface area contributed by atoms with Crippen LogP contribution in [0.4, 0.5) is 0 Å². The lowest BCUT2D eigenvalue weighted by Crippen LogP contribution is -2.40. The largest absolute Gasteiger partial charge is 0.493 e. The maximum absolute atomic E-state index is 10.6. The number of rotatable bonds is 10. The van der Waals surface area contributed by atoms with Gasteiger partial charge in [0.25, 0.3) is 0 Å². The number of ether oxygens (including phenoxy) is 4. The van der Waals surface area contributed by atoms with Crippen molar-refractivity contribution in [1.82, 2.24) is 10.6 Å². The molecule has 3 N–H and O–H groups in total. The van der Waals surface area contributed by atoms with Gasteiger partial charge in [-0.3, -0.25) is 4.79 Å². The van der Waals surface area contributed by atoms with E-state index in [4.69, 9.17) is 24.1 Å². The van der Waals surface area contributed by atoms with Crippen molar-refractivity contribution >= 4 is 11.9 Å². The molecule has 1 aliphatic heterocycles. The Labute approximate surface area is 219 Å². The lowest BCUT2D eigenvalue weighted by Gasteiger charge is -2.28. The van der Waals surface area contributed by atoms with E-state index in [0.29, 0.717) is 6.42 Å². The molecule has 9 heteroatoms. The summed E-state index contributed by atoms with van der Waals surface area (Å²) in [6, 6.07) is 9.73. The number of benzene rings is 2. The Morgan fingerprint density at radius 1 is 0.973 bits per heavy atom. The molecule has 0 aliphatic carbocycles. The van der Waals surface area contributed by atoms with E-state index in [1.807, 2.05) is 26.0 Å². The molecule has 0 spiro atoms. The predicted octanol–water partition coefficient (Wildman–Crippen LogP) is 3.77. The number of nitrogens with one attached hydrogen (secondary N) is 2. The summed E-state index contributed by atoms with van der Waals surface area (Å²) >= 11 is 0. The van der Waals surface area contributed by atoms with E-state index in [0.717, 1.165) is 42.4 Å². The molecule has 2 aromatic carbocycles. The minimum Gasteiger partial charge on any atom is -0.493 e. The van der Waals surface area contributed by atoms with Crippen molar-refractivity contribution < 1.29 is 33.6 Å². The molecule has 1 aliphatic rings. The van der Waals surface area contributed by atoms with E-state index in [1.165, 1.54) is 23.6 Å². The van der Waals surface area contributed by atoms with Gasteiger partial charge in [0, 0.05) is 13.0 Å². The molecule has 204 valence electrons. The van der Waals surface area contributed by atoms with Gasteiger partial charge in [-0.15, -0.1) is 0 Å². The van der Waals surface area contributed by atoms with Crippen molar-refractivity contribution in [3.05, 3.63) is 47.0 Å². The van der Waals surface area contributed by atoms with Crippen LogP contribution in [-0.2, 0) is 22.4 Å². The Hall–Kier alpha value is -3.46. The monoisotopic (exact) mass is 516 g/mol. The van der Waals surface area contributed by atoms with Gasteiger partial charge >= 0.3 is 5.97 Å². The SMILES string of the molecule is CC(=O)NC(CC(C)C)C(=O)O.COc1ccc(CC2NCCc3cc(OC)c(OC)cc32)cc1OC. The van der Waals surface area contributed by atoms with Crippen LogP contribution in [0.25, 0.3) is 0 Å². The number of carbonyl (C=O) groups is 2. The Kier molecular flexibility index (Phi) is 11.5. The van der Waals surface area contributed by atoms with E-state index in [-0.39, 0.29) is 17.9 Å². The van der Waals surface area contributed by atoms with E-state index in [9.17, 15) is 9.59 Å². The molecular formula is C28H40N2O7. The van der Waals surface area contributed by atoms with Crippen LogP contribution in [0.5, 0.6) is 23.0 Å². The maximum atomic E-state index is 10.6. The molecule has 0 aromatic heterocycles. The molecule has 0 saturated carbocycles. The van der Waals surface area contributed by atoms with Gasteiger partial charge in [0.15, 0.2) is 23.0 Å². The number of amides is 1. The summed E-state index contributed by atoms with van der Waals surface area (Å²) in [5, 5.41) is 14.6. The zero-order chi connectivity index (χ0) is 27.5. The summed E-state index contributed by atoms with van der Waals surface area (Å²) in [5.41, 5.74) is 3.76. The van der Waals surface area contributed by atoms with E-state index in [2.05, 4.69) is 28.8 Å². The maximum Gasteiger partial charge on any atom is 0.326 e. The van der Waals surface area contributed by atoms with Crippen LogP contribution in [0.3, 0.4) is 0 Å². The van der Waals surface area contributed by atoms with Gasteiger partial charge < -0.3 is 34.7 Å². The van der Waals surface area contributed by atoms with Gasteiger partial charge in [-0.25, -0.2) is 4.79 Å². The molecule has 0 fully saturated rings. The summed E-state index contributed by atoms with van der Waals surface area (Å²) in [7, 11) is 6.65. The number of methoxy groups -OCH3 is 4.